The molecule has 0 aromatic carbocycles. The molecule has 0 spiro atoms. The van der Waals surface area contributed by atoms with E-state index < -0.39 is 0 Å². The van der Waals surface area contributed by atoms with E-state index in [1.807, 2.05) is 12.3 Å². The summed E-state index contributed by atoms with van der Waals surface area (Å²) in [5, 5.41) is 9.31. The van der Waals surface area contributed by atoms with Gasteiger partial charge in [0.05, 0.1) is 23.3 Å². The second-order valence-corrected chi connectivity index (χ2v) is 5.83. The zero-order chi connectivity index (χ0) is 13.0. The summed E-state index contributed by atoms with van der Waals surface area (Å²) in [4.78, 5) is 16.2. The van der Waals surface area contributed by atoms with Crippen LogP contribution < -0.4 is 10.6 Å². The largest absolute Gasteiger partial charge is 0.347 e. The minimum absolute atomic E-state index is 0.00299. The van der Waals surface area contributed by atoms with Crippen LogP contribution in [0, 0.1) is 5.92 Å². The first kappa shape index (κ1) is 13.5. The molecule has 1 unspecified atom stereocenters. The molecule has 5 heteroatoms. The van der Waals surface area contributed by atoms with Gasteiger partial charge in [-0.2, -0.15) is 0 Å². The molecular weight excluding hydrogens is 246 g/mol. The van der Waals surface area contributed by atoms with E-state index in [-0.39, 0.29) is 11.9 Å². The van der Waals surface area contributed by atoms with E-state index in [0.717, 1.165) is 29.6 Å². The molecule has 1 amide bonds. The molecule has 1 aromatic heterocycles. The van der Waals surface area contributed by atoms with E-state index in [2.05, 4.69) is 22.5 Å². The summed E-state index contributed by atoms with van der Waals surface area (Å²) in [6.45, 7) is 5.45. The fraction of sp³-hybridized carbons (Fsp3) is 0.692. The number of hydrogen-bond donors (Lipinski definition) is 2. The molecule has 1 aromatic rings. The highest BCUT2D eigenvalue weighted by Crippen LogP contribution is 2.27. The quantitative estimate of drug-likeness (QED) is 0.793. The van der Waals surface area contributed by atoms with E-state index in [0.29, 0.717) is 6.54 Å². The molecule has 1 aliphatic rings. The fourth-order valence-electron chi connectivity index (χ4n) is 1.76. The number of hydrogen-bond acceptors (Lipinski definition) is 4. The van der Waals surface area contributed by atoms with E-state index in [1.165, 1.54) is 12.8 Å². The van der Waals surface area contributed by atoms with Gasteiger partial charge in [0.25, 0.3) is 0 Å². The van der Waals surface area contributed by atoms with E-state index in [4.69, 9.17) is 0 Å². The minimum atomic E-state index is -0.00299. The third kappa shape index (κ3) is 4.07. The average molecular weight is 267 g/mol. The molecule has 4 nitrogen and oxygen atoms in total. The maximum Gasteiger partial charge on any atom is 0.234 e. The average Bonchev–Trinajstić information content (AvgIpc) is 3.04. The van der Waals surface area contributed by atoms with Crippen LogP contribution in [-0.2, 0) is 11.2 Å². The van der Waals surface area contributed by atoms with Crippen LogP contribution in [0.2, 0.25) is 0 Å². The molecule has 1 fully saturated rings. The number of amides is 1. The van der Waals surface area contributed by atoms with Crippen LogP contribution in [-0.4, -0.2) is 24.0 Å². The van der Waals surface area contributed by atoms with Gasteiger partial charge in [-0.15, -0.1) is 11.3 Å². The minimum Gasteiger partial charge on any atom is -0.347 e. The maximum absolute atomic E-state index is 11.7. The van der Waals surface area contributed by atoms with Crippen LogP contribution >= 0.6 is 11.3 Å². The summed E-state index contributed by atoms with van der Waals surface area (Å²) < 4.78 is 0. The van der Waals surface area contributed by atoms with E-state index in [1.54, 1.807) is 11.3 Å². The molecule has 1 aliphatic carbocycles. The van der Waals surface area contributed by atoms with Crippen molar-refractivity contribution in [2.45, 2.75) is 39.2 Å². The molecular formula is C13H21N3OS. The third-order valence-corrected chi connectivity index (χ3v) is 4.12. The van der Waals surface area contributed by atoms with Crippen LogP contribution in [0.15, 0.2) is 5.38 Å². The smallest absolute Gasteiger partial charge is 0.234 e. The molecule has 1 saturated carbocycles. The van der Waals surface area contributed by atoms with Crippen LogP contribution in [0.1, 0.15) is 43.4 Å². The molecule has 1 atom stereocenters. The Morgan fingerprint density at radius 1 is 1.61 bits per heavy atom. The number of aromatic nitrogens is 1. The SMILES string of the molecule is CCc1nc(C(C)NC(=O)CNCC2CC2)cs1. The maximum atomic E-state index is 11.7. The van der Waals surface area contributed by atoms with E-state index in [9.17, 15) is 4.79 Å². The summed E-state index contributed by atoms with van der Waals surface area (Å²) in [5.74, 6) is 0.857. The number of thiazole rings is 1. The highest BCUT2D eigenvalue weighted by atomic mass is 32.1. The molecule has 0 bridgehead atoms. The number of aryl methyl sites for hydroxylation is 1. The van der Waals surface area contributed by atoms with Gasteiger partial charge in [-0.25, -0.2) is 4.98 Å². The van der Waals surface area contributed by atoms with Crippen LogP contribution in [0.5, 0.6) is 0 Å². The van der Waals surface area contributed by atoms with Crippen molar-refractivity contribution in [3.8, 4) is 0 Å². The van der Waals surface area contributed by atoms with Crippen molar-refractivity contribution in [2.75, 3.05) is 13.1 Å². The van der Waals surface area contributed by atoms with Crippen molar-refractivity contribution in [1.82, 2.24) is 15.6 Å². The molecule has 0 saturated heterocycles. The van der Waals surface area contributed by atoms with Crippen molar-refractivity contribution >= 4 is 17.2 Å². The molecule has 18 heavy (non-hydrogen) atoms. The Kier molecular flexibility index (Phi) is 4.72. The van der Waals surface area contributed by atoms with Crippen LogP contribution in [0.3, 0.4) is 0 Å². The predicted molar refractivity (Wildman–Crippen MR) is 73.6 cm³/mol. The Morgan fingerprint density at radius 2 is 2.39 bits per heavy atom. The highest BCUT2D eigenvalue weighted by molar-refractivity contribution is 7.09. The Balaban J connectivity index is 1.71. The van der Waals surface area contributed by atoms with Crippen molar-refractivity contribution in [3.05, 3.63) is 16.1 Å². The summed E-state index contributed by atoms with van der Waals surface area (Å²) in [5.41, 5.74) is 0.965. The summed E-state index contributed by atoms with van der Waals surface area (Å²) in [6.07, 6.45) is 3.57. The fourth-order valence-corrected chi connectivity index (χ4v) is 2.60. The number of nitrogens with one attached hydrogen (secondary N) is 2. The van der Waals surface area contributed by atoms with Crippen molar-refractivity contribution in [3.63, 3.8) is 0 Å². The third-order valence-electron chi connectivity index (χ3n) is 3.11. The Morgan fingerprint density at radius 3 is 3.00 bits per heavy atom. The van der Waals surface area contributed by atoms with Crippen molar-refractivity contribution in [2.24, 2.45) is 5.92 Å². The Labute approximate surface area is 112 Å². The van der Waals surface area contributed by atoms with Gasteiger partial charge in [-0.3, -0.25) is 4.79 Å². The standard InChI is InChI=1S/C13H21N3OS/c1-3-13-16-11(8-18-13)9(2)15-12(17)7-14-6-10-4-5-10/h8-10,14H,3-7H2,1-2H3,(H,15,17). The number of rotatable bonds is 7. The molecule has 2 N–H and O–H groups in total. The second-order valence-electron chi connectivity index (χ2n) is 4.88. The number of carbonyl (C=O) groups excluding carboxylic acids is 1. The number of nitrogens with zero attached hydrogens (tertiary/aromatic N) is 1. The van der Waals surface area contributed by atoms with Crippen molar-refractivity contribution < 1.29 is 4.79 Å². The lowest BCUT2D eigenvalue weighted by molar-refractivity contribution is -0.120. The summed E-state index contributed by atoms with van der Waals surface area (Å²) >= 11 is 1.66. The first-order chi connectivity index (χ1) is 8.69. The molecule has 2 rings (SSSR count). The Hall–Kier alpha value is -0.940. The second kappa shape index (κ2) is 6.29. The zero-order valence-electron chi connectivity index (χ0n) is 11.0. The Bertz CT molecular complexity index is 401. The highest BCUT2D eigenvalue weighted by Gasteiger charge is 2.20. The molecule has 100 valence electrons. The lowest BCUT2D eigenvalue weighted by atomic mass is 10.2. The summed E-state index contributed by atoms with van der Waals surface area (Å²) in [7, 11) is 0. The van der Waals surface area contributed by atoms with Gasteiger partial charge >= 0.3 is 0 Å². The molecule has 1 heterocycles. The first-order valence-electron chi connectivity index (χ1n) is 6.63. The van der Waals surface area contributed by atoms with Gasteiger partial charge in [0.1, 0.15) is 0 Å². The van der Waals surface area contributed by atoms with Gasteiger partial charge in [0.15, 0.2) is 0 Å². The van der Waals surface area contributed by atoms with Crippen molar-refractivity contribution in [1.29, 1.82) is 0 Å². The first-order valence-corrected chi connectivity index (χ1v) is 7.51. The van der Waals surface area contributed by atoms with Gasteiger partial charge in [0.2, 0.25) is 5.91 Å². The lowest BCUT2D eigenvalue weighted by Crippen LogP contribution is -2.36. The topological polar surface area (TPSA) is 54.0 Å². The van der Waals surface area contributed by atoms with Gasteiger partial charge < -0.3 is 10.6 Å². The molecule has 0 radical (unpaired) electrons. The van der Waals surface area contributed by atoms with E-state index >= 15 is 0 Å². The normalized spacial score (nSPS) is 16.6. The van der Waals surface area contributed by atoms with Crippen LogP contribution in [0.4, 0.5) is 0 Å². The zero-order valence-corrected chi connectivity index (χ0v) is 11.8. The van der Waals surface area contributed by atoms with Gasteiger partial charge in [-0.05, 0) is 38.6 Å². The van der Waals surface area contributed by atoms with Crippen LogP contribution in [0.25, 0.3) is 0 Å². The summed E-state index contributed by atoms with van der Waals surface area (Å²) in [6, 6.07) is -0.00299. The molecule has 0 aliphatic heterocycles. The van der Waals surface area contributed by atoms with Gasteiger partial charge in [0, 0.05) is 5.38 Å². The lowest BCUT2D eigenvalue weighted by Gasteiger charge is -2.12. The monoisotopic (exact) mass is 267 g/mol. The number of carbonyl (C=O) groups is 1. The predicted octanol–water partition coefficient (Wildman–Crippen LogP) is 1.88. The van der Waals surface area contributed by atoms with Gasteiger partial charge in [-0.1, -0.05) is 6.92 Å².